The van der Waals surface area contributed by atoms with Gasteiger partial charge in [0, 0.05) is 5.56 Å². The van der Waals surface area contributed by atoms with Crippen LogP contribution in [0.5, 0.6) is 5.75 Å². The molecule has 0 unspecified atom stereocenters. The van der Waals surface area contributed by atoms with Crippen molar-refractivity contribution in [3.63, 3.8) is 0 Å². The first-order valence-corrected chi connectivity index (χ1v) is 5.54. The number of nitrogens with two attached hydrogens (primary N) is 1. The molecule has 0 aliphatic carbocycles. The van der Waals surface area contributed by atoms with Crippen LogP contribution in [0.3, 0.4) is 0 Å². The maximum atomic E-state index is 8.55. The van der Waals surface area contributed by atoms with E-state index in [4.69, 9.17) is 15.7 Å². The third kappa shape index (κ3) is 3.01. The number of hydrogen-bond acceptors (Lipinski definition) is 3. The summed E-state index contributed by atoms with van der Waals surface area (Å²) >= 11 is 0. The molecule has 0 fully saturated rings. The number of rotatable bonds is 4. The second kappa shape index (κ2) is 5.72. The summed E-state index contributed by atoms with van der Waals surface area (Å²) in [5.41, 5.74) is 7.18. The molecule has 0 aromatic heterocycles. The molecule has 0 spiro atoms. The zero-order valence-corrected chi connectivity index (χ0v) is 9.78. The smallest absolute Gasteiger partial charge is 0.170 e. The molecule has 0 bridgehead atoms. The number of hydrogen-bond donors (Lipinski definition) is 2. The standard InChI is InChI=1S/C14H14N2O2/c15-14(16-17)12-8-6-11(7-9-12)10-18-13-4-2-1-3-5-13/h1-9,17H,10H2,(H2,15,16). The van der Waals surface area contributed by atoms with Gasteiger partial charge in [0.15, 0.2) is 5.84 Å². The van der Waals surface area contributed by atoms with Crippen LogP contribution in [0, 0.1) is 0 Å². The summed E-state index contributed by atoms with van der Waals surface area (Å²) in [6.07, 6.45) is 0. The molecule has 0 aliphatic rings. The summed E-state index contributed by atoms with van der Waals surface area (Å²) in [6.45, 7) is 0.487. The minimum atomic E-state index is 0.102. The number of para-hydroxylation sites is 1. The molecule has 0 atom stereocenters. The summed E-state index contributed by atoms with van der Waals surface area (Å²) in [5, 5.41) is 11.5. The van der Waals surface area contributed by atoms with Crippen LogP contribution in [0.25, 0.3) is 0 Å². The molecular weight excluding hydrogens is 228 g/mol. The highest BCUT2D eigenvalue weighted by Crippen LogP contribution is 2.12. The molecular formula is C14H14N2O2. The third-order valence-corrected chi connectivity index (χ3v) is 2.51. The van der Waals surface area contributed by atoms with Crippen molar-refractivity contribution >= 4 is 5.84 Å². The quantitative estimate of drug-likeness (QED) is 0.374. The third-order valence-electron chi connectivity index (χ3n) is 2.51. The predicted octanol–water partition coefficient (Wildman–Crippen LogP) is 2.36. The minimum absolute atomic E-state index is 0.102. The van der Waals surface area contributed by atoms with Crippen molar-refractivity contribution in [2.45, 2.75) is 6.61 Å². The van der Waals surface area contributed by atoms with Crippen molar-refractivity contribution in [2.24, 2.45) is 10.9 Å². The van der Waals surface area contributed by atoms with Gasteiger partial charge in [-0.3, -0.25) is 0 Å². The molecule has 4 heteroatoms. The summed E-state index contributed by atoms with van der Waals surface area (Å²) in [7, 11) is 0. The highest BCUT2D eigenvalue weighted by molar-refractivity contribution is 5.96. The molecule has 2 aromatic rings. The minimum Gasteiger partial charge on any atom is -0.489 e. The van der Waals surface area contributed by atoms with Gasteiger partial charge in [0.2, 0.25) is 0 Å². The SMILES string of the molecule is N/C(=N\O)c1ccc(COc2ccccc2)cc1. The Morgan fingerprint density at radius 2 is 1.72 bits per heavy atom. The summed E-state index contributed by atoms with van der Waals surface area (Å²) < 4.78 is 5.61. The van der Waals surface area contributed by atoms with Crippen LogP contribution in [0.4, 0.5) is 0 Å². The van der Waals surface area contributed by atoms with Crippen molar-refractivity contribution in [1.82, 2.24) is 0 Å². The molecule has 0 heterocycles. The van der Waals surface area contributed by atoms with E-state index in [2.05, 4.69) is 5.16 Å². The van der Waals surface area contributed by atoms with Gasteiger partial charge >= 0.3 is 0 Å². The van der Waals surface area contributed by atoms with Crippen LogP contribution in [0.1, 0.15) is 11.1 Å². The lowest BCUT2D eigenvalue weighted by Gasteiger charge is -2.06. The van der Waals surface area contributed by atoms with E-state index >= 15 is 0 Å². The Hall–Kier alpha value is -2.49. The van der Waals surface area contributed by atoms with Gasteiger partial charge in [-0.05, 0) is 17.7 Å². The molecule has 2 aromatic carbocycles. The van der Waals surface area contributed by atoms with Gasteiger partial charge in [0.05, 0.1) is 0 Å². The first-order chi connectivity index (χ1) is 8.79. The van der Waals surface area contributed by atoms with Gasteiger partial charge in [-0.15, -0.1) is 0 Å². The number of nitrogens with zero attached hydrogens (tertiary/aromatic N) is 1. The average Bonchev–Trinajstić information content (AvgIpc) is 2.46. The Bertz CT molecular complexity index is 521. The second-order valence-electron chi connectivity index (χ2n) is 3.78. The lowest BCUT2D eigenvalue weighted by Crippen LogP contribution is -2.12. The van der Waals surface area contributed by atoms with Gasteiger partial charge in [-0.1, -0.05) is 47.6 Å². The summed E-state index contributed by atoms with van der Waals surface area (Å²) in [6, 6.07) is 17.0. The van der Waals surface area contributed by atoms with E-state index in [-0.39, 0.29) is 5.84 Å². The number of benzene rings is 2. The first-order valence-electron chi connectivity index (χ1n) is 5.54. The molecule has 4 nitrogen and oxygen atoms in total. The van der Waals surface area contributed by atoms with E-state index in [0.717, 1.165) is 11.3 Å². The van der Waals surface area contributed by atoms with Gasteiger partial charge in [0.1, 0.15) is 12.4 Å². The maximum absolute atomic E-state index is 8.55. The zero-order chi connectivity index (χ0) is 12.8. The van der Waals surface area contributed by atoms with E-state index in [1.165, 1.54) is 0 Å². The molecule has 18 heavy (non-hydrogen) atoms. The molecule has 0 amide bonds. The fourth-order valence-electron chi connectivity index (χ4n) is 1.51. The average molecular weight is 242 g/mol. The Labute approximate surface area is 105 Å². The fourth-order valence-corrected chi connectivity index (χ4v) is 1.51. The van der Waals surface area contributed by atoms with E-state index in [9.17, 15) is 0 Å². The number of oxime groups is 1. The molecule has 92 valence electrons. The Morgan fingerprint density at radius 1 is 1.06 bits per heavy atom. The molecule has 0 saturated heterocycles. The summed E-state index contributed by atoms with van der Waals surface area (Å²) in [4.78, 5) is 0. The van der Waals surface area contributed by atoms with E-state index in [1.807, 2.05) is 42.5 Å². The van der Waals surface area contributed by atoms with Crippen molar-refractivity contribution in [3.8, 4) is 5.75 Å². The molecule has 0 aliphatic heterocycles. The van der Waals surface area contributed by atoms with Crippen LogP contribution in [0.15, 0.2) is 59.8 Å². The van der Waals surface area contributed by atoms with Gasteiger partial charge in [-0.2, -0.15) is 0 Å². The van der Waals surface area contributed by atoms with Crippen molar-refractivity contribution in [1.29, 1.82) is 0 Å². The molecule has 2 rings (SSSR count). The lowest BCUT2D eigenvalue weighted by molar-refractivity contribution is 0.306. The van der Waals surface area contributed by atoms with Crippen LogP contribution >= 0.6 is 0 Å². The monoisotopic (exact) mass is 242 g/mol. The Balaban J connectivity index is 1.99. The highest BCUT2D eigenvalue weighted by atomic mass is 16.5. The van der Waals surface area contributed by atoms with Crippen molar-refractivity contribution < 1.29 is 9.94 Å². The van der Waals surface area contributed by atoms with E-state index in [0.29, 0.717) is 12.2 Å². The molecule has 3 N–H and O–H groups in total. The predicted molar refractivity (Wildman–Crippen MR) is 69.7 cm³/mol. The van der Waals surface area contributed by atoms with E-state index in [1.54, 1.807) is 12.1 Å². The zero-order valence-electron chi connectivity index (χ0n) is 9.78. The van der Waals surface area contributed by atoms with Gasteiger partial charge in [-0.25, -0.2) is 0 Å². The largest absolute Gasteiger partial charge is 0.489 e. The highest BCUT2D eigenvalue weighted by Gasteiger charge is 1.99. The normalized spacial score (nSPS) is 11.2. The van der Waals surface area contributed by atoms with Gasteiger partial charge in [0.25, 0.3) is 0 Å². The van der Waals surface area contributed by atoms with Crippen molar-refractivity contribution in [3.05, 3.63) is 65.7 Å². The lowest BCUT2D eigenvalue weighted by atomic mass is 10.1. The topological polar surface area (TPSA) is 67.8 Å². The molecule has 0 radical (unpaired) electrons. The fraction of sp³-hybridized carbons (Fsp3) is 0.0714. The van der Waals surface area contributed by atoms with E-state index < -0.39 is 0 Å². The first kappa shape index (κ1) is 12.0. The molecule has 0 saturated carbocycles. The summed E-state index contributed by atoms with van der Waals surface area (Å²) in [5.74, 6) is 0.934. The van der Waals surface area contributed by atoms with Crippen LogP contribution in [-0.4, -0.2) is 11.0 Å². The Morgan fingerprint density at radius 3 is 2.33 bits per heavy atom. The van der Waals surface area contributed by atoms with Crippen LogP contribution in [-0.2, 0) is 6.61 Å². The maximum Gasteiger partial charge on any atom is 0.170 e. The van der Waals surface area contributed by atoms with Crippen LogP contribution in [0.2, 0.25) is 0 Å². The van der Waals surface area contributed by atoms with Crippen LogP contribution < -0.4 is 10.5 Å². The van der Waals surface area contributed by atoms with Gasteiger partial charge < -0.3 is 15.7 Å². The van der Waals surface area contributed by atoms with Crippen molar-refractivity contribution in [2.75, 3.05) is 0 Å². The number of amidine groups is 1. The number of ether oxygens (including phenoxy) is 1. The Kier molecular flexibility index (Phi) is 3.81. The second-order valence-corrected chi connectivity index (χ2v) is 3.78.